The molecule has 0 amide bonds. The fourth-order valence-electron chi connectivity index (χ4n) is 1.62. The number of anilines is 2. The van der Waals surface area contributed by atoms with Gasteiger partial charge in [0.05, 0.1) is 36.3 Å². The number of esters is 1. The number of nitrogens with two attached hydrogens (primary N) is 1. The Morgan fingerprint density at radius 3 is 3.00 bits per heavy atom. The van der Waals surface area contributed by atoms with Crippen LogP contribution < -0.4 is 11.1 Å². The number of hydrogen-bond acceptors (Lipinski definition) is 6. The molecular formula is C13H15N3O3. The molecule has 0 fully saturated rings. The first-order chi connectivity index (χ1) is 9.22. The van der Waals surface area contributed by atoms with Crippen molar-refractivity contribution in [2.24, 2.45) is 0 Å². The minimum Gasteiger partial charge on any atom is -0.462 e. The van der Waals surface area contributed by atoms with E-state index in [1.165, 1.54) is 0 Å². The van der Waals surface area contributed by atoms with E-state index in [0.29, 0.717) is 35.9 Å². The average Bonchev–Trinajstić information content (AvgIpc) is 2.91. The molecule has 0 saturated carbocycles. The third kappa shape index (κ3) is 3.04. The van der Waals surface area contributed by atoms with Crippen LogP contribution in [-0.4, -0.2) is 17.7 Å². The van der Waals surface area contributed by atoms with Crippen LogP contribution in [0.4, 0.5) is 11.4 Å². The number of benzene rings is 1. The molecule has 0 aliphatic heterocycles. The molecule has 3 N–H and O–H groups in total. The summed E-state index contributed by atoms with van der Waals surface area (Å²) < 4.78 is 9.91. The van der Waals surface area contributed by atoms with Gasteiger partial charge in [-0.25, -0.2) is 4.79 Å². The Labute approximate surface area is 110 Å². The highest BCUT2D eigenvalue weighted by Crippen LogP contribution is 2.24. The Morgan fingerprint density at radius 2 is 2.32 bits per heavy atom. The maximum atomic E-state index is 11.7. The fourth-order valence-corrected chi connectivity index (χ4v) is 1.62. The third-order valence-corrected chi connectivity index (χ3v) is 2.55. The van der Waals surface area contributed by atoms with Crippen LogP contribution in [0.2, 0.25) is 0 Å². The molecule has 0 atom stereocenters. The van der Waals surface area contributed by atoms with Crippen molar-refractivity contribution >= 4 is 17.3 Å². The molecule has 100 valence electrons. The highest BCUT2D eigenvalue weighted by molar-refractivity contribution is 5.98. The van der Waals surface area contributed by atoms with Crippen molar-refractivity contribution < 1.29 is 14.1 Å². The SMILES string of the molecule is CCOC(=O)c1cccc(NCc2ccno2)c1N. The largest absolute Gasteiger partial charge is 0.462 e. The van der Waals surface area contributed by atoms with Crippen LogP contribution in [0.25, 0.3) is 0 Å². The lowest BCUT2D eigenvalue weighted by Gasteiger charge is -2.11. The molecule has 1 aromatic heterocycles. The number of hydrogen-bond donors (Lipinski definition) is 2. The summed E-state index contributed by atoms with van der Waals surface area (Å²) >= 11 is 0. The maximum Gasteiger partial charge on any atom is 0.340 e. The summed E-state index contributed by atoms with van der Waals surface area (Å²) in [7, 11) is 0. The van der Waals surface area contributed by atoms with E-state index in [2.05, 4.69) is 10.5 Å². The Bertz CT molecular complexity index is 552. The fraction of sp³-hybridized carbons (Fsp3) is 0.231. The van der Waals surface area contributed by atoms with Crippen molar-refractivity contribution in [3.63, 3.8) is 0 Å². The van der Waals surface area contributed by atoms with Gasteiger partial charge >= 0.3 is 5.97 Å². The maximum absolute atomic E-state index is 11.7. The van der Waals surface area contributed by atoms with E-state index in [4.69, 9.17) is 15.0 Å². The molecule has 0 radical (unpaired) electrons. The van der Waals surface area contributed by atoms with Gasteiger partial charge in [-0.3, -0.25) is 0 Å². The highest BCUT2D eigenvalue weighted by atomic mass is 16.5. The van der Waals surface area contributed by atoms with Crippen LogP contribution in [0, 0.1) is 0 Å². The van der Waals surface area contributed by atoms with Gasteiger partial charge in [-0.05, 0) is 19.1 Å². The van der Waals surface area contributed by atoms with Gasteiger partial charge in [0.25, 0.3) is 0 Å². The van der Waals surface area contributed by atoms with Crippen LogP contribution in [0.3, 0.4) is 0 Å². The van der Waals surface area contributed by atoms with Gasteiger partial charge in [0.2, 0.25) is 0 Å². The van der Waals surface area contributed by atoms with Gasteiger partial charge in [0.1, 0.15) is 0 Å². The standard InChI is InChI=1S/C13H15N3O3/c1-2-18-13(17)10-4-3-5-11(12(10)14)15-8-9-6-7-16-19-9/h3-7,15H,2,8,14H2,1H3. The first kappa shape index (κ1) is 12.9. The smallest absolute Gasteiger partial charge is 0.340 e. The van der Waals surface area contributed by atoms with E-state index in [0.717, 1.165) is 0 Å². The summed E-state index contributed by atoms with van der Waals surface area (Å²) in [5.41, 5.74) is 7.31. The number of para-hydroxylation sites is 1. The third-order valence-electron chi connectivity index (χ3n) is 2.55. The molecule has 2 aromatic rings. The number of nitrogens with one attached hydrogen (secondary N) is 1. The second kappa shape index (κ2) is 5.90. The highest BCUT2D eigenvalue weighted by Gasteiger charge is 2.13. The van der Waals surface area contributed by atoms with Crippen LogP contribution in [0.15, 0.2) is 35.0 Å². The van der Waals surface area contributed by atoms with Crippen molar-refractivity contribution in [1.29, 1.82) is 0 Å². The summed E-state index contributed by atoms with van der Waals surface area (Å²) in [6.07, 6.45) is 1.56. The number of rotatable bonds is 5. The monoisotopic (exact) mass is 261 g/mol. The van der Waals surface area contributed by atoms with E-state index in [1.54, 1.807) is 37.4 Å². The van der Waals surface area contributed by atoms with Crippen LogP contribution in [-0.2, 0) is 11.3 Å². The van der Waals surface area contributed by atoms with E-state index in [-0.39, 0.29) is 0 Å². The summed E-state index contributed by atoms with van der Waals surface area (Å²) in [6, 6.07) is 6.91. The van der Waals surface area contributed by atoms with Gasteiger partial charge in [-0.1, -0.05) is 11.2 Å². The number of carbonyl (C=O) groups is 1. The molecule has 1 heterocycles. The van der Waals surface area contributed by atoms with Crippen molar-refractivity contribution in [3.05, 3.63) is 41.8 Å². The topological polar surface area (TPSA) is 90.4 Å². The molecule has 0 aliphatic rings. The lowest BCUT2D eigenvalue weighted by atomic mass is 10.1. The molecular weight excluding hydrogens is 246 g/mol. The van der Waals surface area contributed by atoms with Gasteiger partial charge in [-0.15, -0.1) is 0 Å². The second-order valence-electron chi connectivity index (χ2n) is 3.82. The lowest BCUT2D eigenvalue weighted by molar-refractivity contribution is 0.0527. The number of nitrogens with zero attached hydrogens (tertiary/aromatic N) is 1. The quantitative estimate of drug-likeness (QED) is 0.632. The predicted octanol–water partition coefficient (Wildman–Crippen LogP) is 2.05. The minimum atomic E-state index is -0.427. The van der Waals surface area contributed by atoms with Crippen LogP contribution in [0.5, 0.6) is 0 Å². The van der Waals surface area contributed by atoms with Gasteiger partial charge < -0.3 is 20.3 Å². The van der Waals surface area contributed by atoms with E-state index in [9.17, 15) is 4.79 Å². The number of nitrogen functional groups attached to an aromatic ring is 1. The van der Waals surface area contributed by atoms with Crippen molar-refractivity contribution in [2.45, 2.75) is 13.5 Å². The molecule has 19 heavy (non-hydrogen) atoms. The summed E-state index contributed by atoms with van der Waals surface area (Å²) in [5, 5.41) is 6.69. The van der Waals surface area contributed by atoms with E-state index < -0.39 is 5.97 Å². The van der Waals surface area contributed by atoms with Crippen molar-refractivity contribution in [3.8, 4) is 0 Å². The van der Waals surface area contributed by atoms with Gasteiger partial charge in [-0.2, -0.15) is 0 Å². The zero-order valence-electron chi connectivity index (χ0n) is 10.6. The average molecular weight is 261 g/mol. The number of carbonyl (C=O) groups excluding carboxylic acids is 1. The van der Waals surface area contributed by atoms with E-state index >= 15 is 0 Å². The molecule has 0 saturated heterocycles. The normalized spacial score (nSPS) is 10.2. The predicted molar refractivity (Wildman–Crippen MR) is 70.6 cm³/mol. The Balaban J connectivity index is 2.13. The second-order valence-corrected chi connectivity index (χ2v) is 3.82. The van der Waals surface area contributed by atoms with Crippen molar-refractivity contribution in [1.82, 2.24) is 5.16 Å². The van der Waals surface area contributed by atoms with Crippen LogP contribution in [0.1, 0.15) is 23.0 Å². The lowest BCUT2D eigenvalue weighted by Crippen LogP contribution is -2.10. The first-order valence-corrected chi connectivity index (χ1v) is 5.91. The summed E-state index contributed by atoms with van der Waals surface area (Å²) in [5.74, 6) is 0.254. The molecule has 0 unspecified atom stereocenters. The number of ether oxygens (including phenoxy) is 1. The molecule has 0 bridgehead atoms. The number of aromatic nitrogens is 1. The summed E-state index contributed by atoms with van der Waals surface area (Å²) in [6.45, 7) is 2.50. The first-order valence-electron chi connectivity index (χ1n) is 5.91. The van der Waals surface area contributed by atoms with E-state index in [1.807, 2.05) is 0 Å². The molecule has 1 aromatic carbocycles. The Morgan fingerprint density at radius 1 is 1.47 bits per heavy atom. The zero-order chi connectivity index (χ0) is 13.7. The minimum absolute atomic E-state index is 0.313. The van der Waals surface area contributed by atoms with Gasteiger partial charge in [0.15, 0.2) is 5.76 Å². The molecule has 6 nitrogen and oxygen atoms in total. The van der Waals surface area contributed by atoms with Crippen molar-refractivity contribution in [2.75, 3.05) is 17.7 Å². The summed E-state index contributed by atoms with van der Waals surface area (Å²) in [4.78, 5) is 11.7. The Kier molecular flexibility index (Phi) is 4.02. The molecule has 0 spiro atoms. The Hall–Kier alpha value is -2.50. The van der Waals surface area contributed by atoms with Crippen LogP contribution >= 0.6 is 0 Å². The molecule has 0 aliphatic carbocycles. The molecule has 6 heteroatoms. The molecule has 2 rings (SSSR count). The van der Waals surface area contributed by atoms with Gasteiger partial charge in [0, 0.05) is 6.07 Å². The zero-order valence-corrected chi connectivity index (χ0v) is 10.6.